The highest BCUT2D eigenvalue weighted by atomic mass is 16.5. The fourth-order valence-corrected chi connectivity index (χ4v) is 4.33. The number of hydrogen-bond donors (Lipinski definition) is 2. The average molecular weight is 490 g/mol. The van der Waals surface area contributed by atoms with Crippen LogP contribution in [0, 0.1) is 6.92 Å². The molecule has 2 N–H and O–H groups in total. The van der Waals surface area contributed by atoms with Crippen LogP contribution in [-0.4, -0.2) is 43.3 Å². The molecule has 10 heteroatoms. The minimum Gasteiger partial charge on any atom is -0.455 e. The van der Waals surface area contributed by atoms with Gasteiger partial charge in [-0.05, 0) is 31.5 Å². The predicted octanol–water partition coefficient (Wildman–Crippen LogP) is 4.99. The van der Waals surface area contributed by atoms with E-state index in [9.17, 15) is 4.79 Å². The molecule has 1 atom stereocenters. The second-order valence-electron chi connectivity index (χ2n) is 10.0. The standard InChI is InChI=1S/C26H31N7O3/c1-16-20(36-19-8-10-27-22(12-19)28-17(2)34)6-7-25-30-24(14-32(16)25)29-23-13-21(26(3,4)5)33(31-23)18-9-11-35-15-18/h6-8,10,12-14,18H,9,11,15H2,1-5H3,(H,29,31)(H,27,28,34)/t18-/m0/s1. The van der Waals surface area contributed by atoms with Crippen molar-refractivity contribution >= 4 is 29.0 Å². The molecule has 5 heterocycles. The molecular formula is C26H31N7O3. The summed E-state index contributed by atoms with van der Waals surface area (Å²) < 4.78 is 15.8. The molecule has 0 spiro atoms. The lowest BCUT2D eigenvalue weighted by atomic mass is 9.91. The molecule has 1 fully saturated rings. The number of nitrogens with one attached hydrogen (secondary N) is 2. The van der Waals surface area contributed by atoms with Crippen molar-refractivity contribution in [1.82, 2.24) is 24.1 Å². The molecule has 1 aliphatic rings. The van der Waals surface area contributed by atoms with Crippen molar-refractivity contribution in [2.45, 2.75) is 52.5 Å². The normalized spacial score (nSPS) is 15.9. The first-order valence-electron chi connectivity index (χ1n) is 12.0. The van der Waals surface area contributed by atoms with Crippen molar-refractivity contribution in [1.29, 1.82) is 0 Å². The lowest BCUT2D eigenvalue weighted by Crippen LogP contribution is -2.22. The summed E-state index contributed by atoms with van der Waals surface area (Å²) in [5.74, 6) is 2.95. The Labute approximate surface area is 209 Å². The number of ether oxygens (including phenoxy) is 2. The Hall–Kier alpha value is -3.92. The fourth-order valence-electron chi connectivity index (χ4n) is 4.33. The van der Waals surface area contributed by atoms with Crippen LogP contribution in [0.15, 0.2) is 42.7 Å². The number of carbonyl (C=O) groups is 1. The lowest BCUT2D eigenvalue weighted by molar-refractivity contribution is -0.114. The van der Waals surface area contributed by atoms with Crippen LogP contribution in [0.5, 0.6) is 11.5 Å². The van der Waals surface area contributed by atoms with E-state index in [1.54, 1.807) is 18.3 Å². The van der Waals surface area contributed by atoms with Crippen LogP contribution in [0.4, 0.5) is 17.5 Å². The molecule has 4 aromatic heterocycles. The Morgan fingerprint density at radius 3 is 2.72 bits per heavy atom. The molecule has 0 saturated carbocycles. The van der Waals surface area contributed by atoms with Crippen LogP contribution < -0.4 is 15.4 Å². The van der Waals surface area contributed by atoms with E-state index in [4.69, 9.17) is 19.6 Å². The minimum atomic E-state index is -0.188. The zero-order valence-corrected chi connectivity index (χ0v) is 21.2. The first kappa shape index (κ1) is 23.8. The third-order valence-electron chi connectivity index (χ3n) is 6.11. The van der Waals surface area contributed by atoms with E-state index in [1.807, 2.05) is 29.7 Å². The number of hydrogen-bond acceptors (Lipinski definition) is 7. The maximum absolute atomic E-state index is 11.3. The van der Waals surface area contributed by atoms with Gasteiger partial charge in [0.2, 0.25) is 5.91 Å². The van der Waals surface area contributed by atoms with E-state index in [-0.39, 0.29) is 17.4 Å². The number of carbonyl (C=O) groups excluding carboxylic acids is 1. The summed E-state index contributed by atoms with van der Waals surface area (Å²) in [5, 5.41) is 10.9. The monoisotopic (exact) mass is 489 g/mol. The minimum absolute atomic E-state index is 0.0516. The molecule has 36 heavy (non-hydrogen) atoms. The molecular weight excluding hydrogens is 458 g/mol. The molecule has 0 radical (unpaired) electrons. The molecule has 1 aliphatic heterocycles. The largest absolute Gasteiger partial charge is 0.455 e. The molecule has 1 amide bonds. The van der Waals surface area contributed by atoms with E-state index in [1.165, 1.54) is 6.92 Å². The van der Waals surface area contributed by atoms with Crippen LogP contribution in [0.25, 0.3) is 5.65 Å². The quantitative estimate of drug-likeness (QED) is 0.393. The Morgan fingerprint density at radius 2 is 2.00 bits per heavy atom. The van der Waals surface area contributed by atoms with Gasteiger partial charge < -0.3 is 20.1 Å². The van der Waals surface area contributed by atoms with Gasteiger partial charge in [0.05, 0.1) is 24.5 Å². The number of imidazole rings is 1. The van der Waals surface area contributed by atoms with Crippen molar-refractivity contribution < 1.29 is 14.3 Å². The van der Waals surface area contributed by atoms with Gasteiger partial charge in [-0.3, -0.25) is 13.9 Å². The fraction of sp³-hybridized carbons (Fsp3) is 0.385. The van der Waals surface area contributed by atoms with Crippen molar-refractivity contribution in [3.05, 3.63) is 54.1 Å². The van der Waals surface area contributed by atoms with Gasteiger partial charge in [0.1, 0.15) is 23.0 Å². The van der Waals surface area contributed by atoms with Crippen LogP contribution in [0.3, 0.4) is 0 Å². The summed E-state index contributed by atoms with van der Waals surface area (Å²) in [7, 11) is 0. The van der Waals surface area contributed by atoms with Gasteiger partial charge in [-0.2, -0.15) is 5.10 Å². The molecule has 1 saturated heterocycles. The van der Waals surface area contributed by atoms with Crippen molar-refractivity contribution in [3.8, 4) is 11.5 Å². The number of aryl methyl sites for hydroxylation is 1. The number of anilines is 3. The number of pyridine rings is 2. The highest BCUT2D eigenvalue weighted by molar-refractivity contribution is 5.87. The Balaban J connectivity index is 1.40. The molecule has 0 aliphatic carbocycles. The summed E-state index contributed by atoms with van der Waals surface area (Å²) >= 11 is 0. The number of amides is 1. The first-order valence-corrected chi connectivity index (χ1v) is 12.0. The van der Waals surface area contributed by atoms with Gasteiger partial charge in [-0.1, -0.05) is 20.8 Å². The molecule has 0 unspecified atom stereocenters. The van der Waals surface area contributed by atoms with Crippen molar-refractivity contribution in [2.75, 3.05) is 23.8 Å². The number of fused-ring (bicyclic) bond motifs is 1. The molecule has 10 nitrogen and oxygen atoms in total. The zero-order valence-electron chi connectivity index (χ0n) is 21.2. The van der Waals surface area contributed by atoms with Gasteiger partial charge in [0.15, 0.2) is 11.6 Å². The van der Waals surface area contributed by atoms with Gasteiger partial charge in [-0.15, -0.1) is 0 Å². The second kappa shape index (κ2) is 9.27. The summed E-state index contributed by atoms with van der Waals surface area (Å²) in [5.41, 5.74) is 2.78. The van der Waals surface area contributed by atoms with Crippen LogP contribution in [-0.2, 0) is 14.9 Å². The zero-order chi connectivity index (χ0) is 25.4. The Bertz CT molecular complexity index is 1410. The summed E-state index contributed by atoms with van der Waals surface area (Å²) in [6.45, 7) is 11.4. The summed E-state index contributed by atoms with van der Waals surface area (Å²) in [4.78, 5) is 20.2. The topological polar surface area (TPSA) is 108 Å². The van der Waals surface area contributed by atoms with Crippen LogP contribution in [0.1, 0.15) is 51.5 Å². The van der Waals surface area contributed by atoms with Crippen LogP contribution in [0.2, 0.25) is 0 Å². The van der Waals surface area contributed by atoms with E-state index < -0.39 is 0 Å². The third-order valence-corrected chi connectivity index (χ3v) is 6.11. The van der Waals surface area contributed by atoms with E-state index in [0.717, 1.165) is 35.9 Å². The van der Waals surface area contributed by atoms with Gasteiger partial charge in [0, 0.05) is 43.0 Å². The Kier molecular flexibility index (Phi) is 6.13. The number of nitrogens with zero attached hydrogens (tertiary/aromatic N) is 5. The Morgan fingerprint density at radius 1 is 1.17 bits per heavy atom. The van der Waals surface area contributed by atoms with Gasteiger partial charge in [0.25, 0.3) is 0 Å². The molecule has 5 rings (SSSR count). The van der Waals surface area contributed by atoms with Crippen LogP contribution >= 0.6 is 0 Å². The predicted molar refractivity (Wildman–Crippen MR) is 137 cm³/mol. The van der Waals surface area contributed by atoms with Gasteiger partial charge >= 0.3 is 0 Å². The molecule has 0 aromatic carbocycles. The van der Waals surface area contributed by atoms with Crippen molar-refractivity contribution in [3.63, 3.8) is 0 Å². The first-order chi connectivity index (χ1) is 17.2. The van der Waals surface area contributed by atoms with Gasteiger partial charge in [-0.25, -0.2) is 9.97 Å². The third kappa shape index (κ3) is 4.90. The smallest absolute Gasteiger partial charge is 0.222 e. The lowest BCUT2D eigenvalue weighted by Gasteiger charge is -2.22. The van der Waals surface area contributed by atoms with Crippen molar-refractivity contribution in [2.24, 2.45) is 0 Å². The number of rotatable bonds is 6. The molecule has 0 bridgehead atoms. The average Bonchev–Trinajstić information content (AvgIpc) is 3.55. The maximum atomic E-state index is 11.3. The number of aromatic nitrogens is 5. The molecule has 188 valence electrons. The van der Waals surface area contributed by atoms with E-state index in [2.05, 4.69) is 47.1 Å². The second-order valence-corrected chi connectivity index (χ2v) is 10.0. The SMILES string of the molecule is CC(=O)Nc1cc(Oc2ccc3nc(Nc4cc(C(C)(C)C)n([C@H]5CCOC5)n4)cn3c2C)ccn1. The summed E-state index contributed by atoms with van der Waals surface area (Å²) in [6.07, 6.45) is 4.49. The van der Waals surface area contributed by atoms with E-state index >= 15 is 0 Å². The highest BCUT2D eigenvalue weighted by Crippen LogP contribution is 2.32. The summed E-state index contributed by atoms with van der Waals surface area (Å²) in [6, 6.07) is 9.56. The maximum Gasteiger partial charge on any atom is 0.222 e. The molecule has 4 aromatic rings. The van der Waals surface area contributed by atoms with E-state index in [0.29, 0.717) is 29.7 Å². The highest BCUT2D eigenvalue weighted by Gasteiger charge is 2.28.